The van der Waals surface area contributed by atoms with Crippen molar-refractivity contribution >= 4 is 44.9 Å². The number of nitrogens with one attached hydrogen (secondary N) is 2. The summed E-state index contributed by atoms with van der Waals surface area (Å²) in [6.45, 7) is 4.19. The van der Waals surface area contributed by atoms with Gasteiger partial charge in [0.2, 0.25) is 5.91 Å². The third-order valence-corrected chi connectivity index (χ3v) is 5.11. The van der Waals surface area contributed by atoms with Crippen LogP contribution in [0.1, 0.15) is 29.5 Å². The summed E-state index contributed by atoms with van der Waals surface area (Å²) in [4.78, 5) is 35.5. The van der Waals surface area contributed by atoms with Gasteiger partial charge in [0.1, 0.15) is 10.2 Å². The smallest absolute Gasteiger partial charge is 0.358 e. The maximum absolute atomic E-state index is 12.9. The summed E-state index contributed by atoms with van der Waals surface area (Å²) >= 11 is 3.06. The second-order valence-electron chi connectivity index (χ2n) is 6.56. The Bertz CT molecular complexity index is 1150. The molecular formula is C17H20BrN9O4. The molecule has 0 unspecified atom stereocenters. The van der Waals surface area contributed by atoms with Gasteiger partial charge in [0.05, 0.1) is 47.3 Å². The van der Waals surface area contributed by atoms with Gasteiger partial charge in [0, 0.05) is 20.0 Å². The number of carbonyl (C=O) groups excluding carboxylic acids is 2. The Morgan fingerprint density at radius 2 is 1.94 bits per heavy atom. The van der Waals surface area contributed by atoms with Gasteiger partial charge in [0.15, 0.2) is 0 Å². The van der Waals surface area contributed by atoms with Crippen LogP contribution in [0.15, 0.2) is 23.1 Å². The van der Waals surface area contributed by atoms with E-state index in [2.05, 4.69) is 41.9 Å². The molecule has 2 amide bonds. The molecule has 3 rings (SSSR count). The number of amides is 2. The molecule has 0 radical (unpaired) electrons. The highest BCUT2D eigenvalue weighted by atomic mass is 79.9. The molecule has 0 aliphatic carbocycles. The van der Waals surface area contributed by atoms with Crippen molar-refractivity contribution in [2.45, 2.75) is 33.4 Å². The highest BCUT2D eigenvalue weighted by Crippen LogP contribution is 2.22. The van der Waals surface area contributed by atoms with Crippen LogP contribution in [-0.2, 0) is 24.9 Å². The molecule has 0 saturated carbocycles. The first-order chi connectivity index (χ1) is 14.7. The van der Waals surface area contributed by atoms with Gasteiger partial charge >= 0.3 is 5.82 Å². The molecule has 31 heavy (non-hydrogen) atoms. The van der Waals surface area contributed by atoms with E-state index in [0.29, 0.717) is 12.2 Å². The normalized spacial score (nSPS) is 10.8. The Morgan fingerprint density at radius 1 is 1.23 bits per heavy atom. The van der Waals surface area contributed by atoms with Gasteiger partial charge in [-0.25, -0.2) is 0 Å². The van der Waals surface area contributed by atoms with Crippen LogP contribution in [0.2, 0.25) is 0 Å². The van der Waals surface area contributed by atoms with Gasteiger partial charge in [-0.3, -0.25) is 19.0 Å². The molecule has 0 spiro atoms. The van der Waals surface area contributed by atoms with Gasteiger partial charge in [-0.15, -0.1) is 0 Å². The fourth-order valence-corrected chi connectivity index (χ4v) is 3.27. The van der Waals surface area contributed by atoms with E-state index in [9.17, 15) is 19.7 Å². The van der Waals surface area contributed by atoms with Crippen molar-refractivity contribution in [3.05, 3.63) is 44.6 Å². The van der Waals surface area contributed by atoms with Gasteiger partial charge in [-0.05, 0) is 34.7 Å². The minimum atomic E-state index is -0.616. The number of carbonyl (C=O) groups is 2. The Labute approximate surface area is 184 Å². The lowest BCUT2D eigenvalue weighted by Gasteiger charge is -2.10. The first-order valence-electron chi connectivity index (χ1n) is 9.24. The van der Waals surface area contributed by atoms with Crippen molar-refractivity contribution in [3.8, 4) is 0 Å². The zero-order chi connectivity index (χ0) is 22.7. The van der Waals surface area contributed by atoms with Crippen LogP contribution in [0.5, 0.6) is 0 Å². The lowest BCUT2D eigenvalue weighted by Crippen LogP contribution is -2.21. The van der Waals surface area contributed by atoms with Gasteiger partial charge in [-0.2, -0.15) is 14.9 Å². The molecule has 13 nitrogen and oxygen atoms in total. The number of anilines is 2. The van der Waals surface area contributed by atoms with Crippen LogP contribution in [0, 0.1) is 17.0 Å². The lowest BCUT2D eigenvalue weighted by molar-refractivity contribution is -0.390. The zero-order valence-corrected chi connectivity index (χ0v) is 18.6. The summed E-state index contributed by atoms with van der Waals surface area (Å²) in [7, 11) is 1.76. The fraction of sp³-hybridized carbons (Fsp3) is 0.353. The molecule has 2 N–H and O–H groups in total. The van der Waals surface area contributed by atoms with E-state index in [1.807, 2.05) is 13.8 Å². The molecular weight excluding hydrogens is 474 g/mol. The van der Waals surface area contributed by atoms with Crippen LogP contribution < -0.4 is 10.6 Å². The molecule has 0 aromatic carbocycles. The van der Waals surface area contributed by atoms with Crippen LogP contribution >= 0.6 is 15.9 Å². The Kier molecular flexibility index (Phi) is 6.48. The van der Waals surface area contributed by atoms with Crippen molar-refractivity contribution in [1.29, 1.82) is 0 Å². The van der Waals surface area contributed by atoms with E-state index in [1.54, 1.807) is 17.9 Å². The van der Waals surface area contributed by atoms with E-state index in [1.165, 1.54) is 21.8 Å². The van der Waals surface area contributed by atoms with Gasteiger partial charge in [0.25, 0.3) is 5.91 Å². The fourth-order valence-electron chi connectivity index (χ4n) is 2.81. The third kappa shape index (κ3) is 4.79. The molecule has 3 aromatic heterocycles. The number of halogens is 1. The van der Waals surface area contributed by atoms with Crippen molar-refractivity contribution in [2.75, 3.05) is 10.6 Å². The number of rotatable bonds is 8. The molecule has 0 aliphatic rings. The first kappa shape index (κ1) is 22.1. The van der Waals surface area contributed by atoms with Crippen LogP contribution in [0.25, 0.3) is 0 Å². The maximum Gasteiger partial charge on any atom is 0.404 e. The number of hydrogen-bond donors (Lipinski definition) is 2. The van der Waals surface area contributed by atoms with E-state index in [-0.39, 0.29) is 34.6 Å². The number of aryl methyl sites for hydroxylation is 3. The van der Waals surface area contributed by atoms with Crippen LogP contribution in [0.4, 0.5) is 17.2 Å². The van der Waals surface area contributed by atoms with E-state index in [4.69, 9.17) is 0 Å². The van der Waals surface area contributed by atoms with E-state index < -0.39 is 16.7 Å². The lowest BCUT2D eigenvalue weighted by atomic mass is 10.3. The standard InChI is InChI=1S/C17H20BrN9O4/c1-4-26-15(17(29)22-12-7-19-24(3)10(12)2)13(8-20-26)21-14(28)5-6-25-9-11(18)16(23-25)27(30)31/h7-9H,4-6H2,1-3H3,(H,21,28)(H,22,29). The summed E-state index contributed by atoms with van der Waals surface area (Å²) in [6.07, 6.45) is 4.36. The molecule has 0 saturated heterocycles. The molecule has 0 aliphatic heterocycles. The quantitative estimate of drug-likeness (QED) is 0.359. The van der Waals surface area contributed by atoms with Gasteiger partial charge in [-0.1, -0.05) is 0 Å². The highest BCUT2D eigenvalue weighted by Gasteiger charge is 2.22. The first-order valence-corrected chi connectivity index (χ1v) is 10.0. The minimum Gasteiger partial charge on any atom is -0.358 e. The van der Waals surface area contributed by atoms with E-state index in [0.717, 1.165) is 5.69 Å². The number of hydrogen-bond acceptors (Lipinski definition) is 7. The molecule has 0 fully saturated rings. The molecule has 3 aromatic rings. The summed E-state index contributed by atoms with van der Waals surface area (Å²) < 4.78 is 4.64. The average Bonchev–Trinajstić information content (AvgIpc) is 3.39. The van der Waals surface area contributed by atoms with Crippen molar-refractivity contribution in [3.63, 3.8) is 0 Å². The summed E-state index contributed by atoms with van der Waals surface area (Å²) in [5.41, 5.74) is 1.80. The van der Waals surface area contributed by atoms with Crippen LogP contribution in [0.3, 0.4) is 0 Å². The van der Waals surface area contributed by atoms with Crippen molar-refractivity contribution in [1.82, 2.24) is 29.3 Å². The molecule has 3 heterocycles. The Balaban J connectivity index is 1.70. The van der Waals surface area contributed by atoms with Crippen LogP contribution in [-0.4, -0.2) is 46.1 Å². The predicted molar refractivity (Wildman–Crippen MR) is 114 cm³/mol. The SMILES string of the molecule is CCn1ncc(NC(=O)CCn2cc(Br)c([N+](=O)[O-])n2)c1C(=O)Nc1cnn(C)c1C. The summed E-state index contributed by atoms with van der Waals surface area (Å²) in [6, 6.07) is 0. The van der Waals surface area contributed by atoms with Crippen molar-refractivity contribution in [2.24, 2.45) is 7.05 Å². The molecule has 0 bridgehead atoms. The monoisotopic (exact) mass is 493 g/mol. The zero-order valence-electron chi connectivity index (χ0n) is 17.0. The maximum atomic E-state index is 12.9. The number of nitrogens with zero attached hydrogens (tertiary/aromatic N) is 7. The number of nitro groups is 1. The largest absolute Gasteiger partial charge is 0.404 e. The Morgan fingerprint density at radius 3 is 2.52 bits per heavy atom. The summed E-state index contributed by atoms with van der Waals surface area (Å²) in [5, 5.41) is 28.4. The predicted octanol–water partition coefficient (Wildman–Crippen LogP) is 2.09. The topological polar surface area (TPSA) is 155 Å². The molecule has 14 heteroatoms. The molecule has 0 atom stereocenters. The second kappa shape index (κ2) is 9.07. The number of aromatic nitrogens is 6. The highest BCUT2D eigenvalue weighted by molar-refractivity contribution is 9.10. The average molecular weight is 494 g/mol. The second-order valence-corrected chi connectivity index (χ2v) is 7.42. The van der Waals surface area contributed by atoms with E-state index >= 15 is 0 Å². The summed E-state index contributed by atoms with van der Waals surface area (Å²) in [5.74, 6) is -1.15. The minimum absolute atomic E-state index is 0.00858. The Hall–Kier alpha value is -3.55. The van der Waals surface area contributed by atoms with Gasteiger partial charge < -0.3 is 20.7 Å². The third-order valence-electron chi connectivity index (χ3n) is 4.55. The van der Waals surface area contributed by atoms with Crippen molar-refractivity contribution < 1.29 is 14.5 Å². The molecule has 164 valence electrons.